The Labute approximate surface area is 113 Å². The van der Waals surface area contributed by atoms with Crippen LogP contribution in [0.2, 0.25) is 0 Å². The minimum Gasteiger partial charge on any atom is -0.371 e. The van der Waals surface area contributed by atoms with Crippen LogP contribution in [0.15, 0.2) is 23.2 Å². The molecule has 2 fully saturated rings. The molecule has 2 aromatic heterocycles. The van der Waals surface area contributed by atoms with Gasteiger partial charge < -0.3 is 14.0 Å². The molecule has 4 heterocycles. The van der Waals surface area contributed by atoms with Crippen LogP contribution in [0.1, 0.15) is 12.8 Å². The molecular formula is C12H13BrN4O. The Kier molecular flexibility index (Phi) is 2.35. The molecule has 0 aliphatic carbocycles. The summed E-state index contributed by atoms with van der Waals surface area (Å²) in [6.07, 6.45) is 8.74. The van der Waals surface area contributed by atoms with E-state index >= 15 is 0 Å². The van der Waals surface area contributed by atoms with E-state index in [4.69, 9.17) is 4.74 Å². The SMILES string of the molecule is Brc1cn2ccnc2c(N2CC3CCC(C2)O3)n1. The van der Waals surface area contributed by atoms with E-state index < -0.39 is 0 Å². The van der Waals surface area contributed by atoms with Crippen LogP contribution < -0.4 is 4.90 Å². The summed E-state index contributed by atoms with van der Waals surface area (Å²) in [4.78, 5) is 11.3. The number of nitrogens with zero attached hydrogens (tertiary/aromatic N) is 4. The Morgan fingerprint density at radius 3 is 2.83 bits per heavy atom. The summed E-state index contributed by atoms with van der Waals surface area (Å²) in [6.45, 7) is 1.84. The quantitative estimate of drug-likeness (QED) is 0.806. The Hall–Kier alpha value is -1.14. The van der Waals surface area contributed by atoms with E-state index in [9.17, 15) is 0 Å². The van der Waals surface area contributed by atoms with Gasteiger partial charge in [0.1, 0.15) is 4.60 Å². The molecule has 0 saturated carbocycles. The van der Waals surface area contributed by atoms with Crippen LogP contribution in [0.4, 0.5) is 5.82 Å². The lowest BCUT2D eigenvalue weighted by Gasteiger charge is -2.33. The van der Waals surface area contributed by atoms with Gasteiger partial charge in [-0.25, -0.2) is 9.97 Å². The molecular weight excluding hydrogens is 296 g/mol. The predicted octanol–water partition coefficient (Wildman–Crippen LogP) is 1.86. The summed E-state index contributed by atoms with van der Waals surface area (Å²) in [5.41, 5.74) is 0.916. The first-order chi connectivity index (χ1) is 8.79. The number of ether oxygens (including phenoxy) is 1. The van der Waals surface area contributed by atoms with E-state index in [1.165, 1.54) is 12.8 Å². The number of morpholine rings is 1. The van der Waals surface area contributed by atoms with E-state index in [1.807, 2.05) is 23.0 Å². The van der Waals surface area contributed by atoms with Crippen LogP contribution in [0.5, 0.6) is 0 Å². The molecule has 2 unspecified atom stereocenters. The van der Waals surface area contributed by atoms with Gasteiger partial charge in [-0.3, -0.25) is 0 Å². The molecule has 0 N–H and O–H groups in total. The number of anilines is 1. The molecule has 0 aromatic carbocycles. The van der Waals surface area contributed by atoms with Gasteiger partial charge in [0, 0.05) is 31.7 Å². The molecule has 4 rings (SSSR count). The second-order valence-corrected chi connectivity index (χ2v) is 5.72. The van der Waals surface area contributed by atoms with E-state index in [0.29, 0.717) is 12.2 Å². The van der Waals surface area contributed by atoms with Gasteiger partial charge in [-0.2, -0.15) is 0 Å². The average Bonchev–Trinajstić information content (AvgIpc) is 2.94. The standard InChI is InChI=1S/C12H13BrN4O/c13-10-7-16-4-3-14-11(16)12(15-10)17-5-8-1-2-9(6-17)18-8/h3-4,7-9H,1-2,5-6H2. The third kappa shape index (κ3) is 1.63. The van der Waals surface area contributed by atoms with Crippen molar-refractivity contribution in [2.75, 3.05) is 18.0 Å². The topological polar surface area (TPSA) is 42.7 Å². The number of imidazole rings is 1. The molecule has 2 aliphatic rings. The Balaban J connectivity index is 1.79. The highest BCUT2D eigenvalue weighted by Crippen LogP contribution is 2.30. The maximum atomic E-state index is 5.86. The molecule has 2 saturated heterocycles. The van der Waals surface area contributed by atoms with E-state index in [0.717, 1.165) is 29.2 Å². The second-order valence-electron chi connectivity index (χ2n) is 4.91. The molecule has 18 heavy (non-hydrogen) atoms. The summed E-state index contributed by atoms with van der Waals surface area (Å²) >= 11 is 3.46. The summed E-state index contributed by atoms with van der Waals surface area (Å²) < 4.78 is 8.70. The van der Waals surface area contributed by atoms with Crippen molar-refractivity contribution < 1.29 is 4.74 Å². The molecule has 2 bridgehead atoms. The number of fused-ring (bicyclic) bond motifs is 3. The molecule has 6 heteroatoms. The lowest BCUT2D eigenvalue weighted by atomic mass is 10.2. The molecule has 2 aliphatic heterocycles. The number of hydrogen-bond acceptors (Lipinski definition) is 4. The van der Waals surface area contributed by atoms with Crippen molar-refractivity contribution in [2.24, 2.45) is 0 Å². The van der Waals surface area contributed by atoms with Crippen LogP contribution in [0.3, 0.4) is 0 Å². The Bertz CT molecular complexity index is 587. The molecule has 94 valence electrons. The largest absolute Gasteiger partial charge is 0.371 e. The molecule has 0 spiro atoms. The van der Waals surface area contributed by atoms with Gasteiger partial charge in [-0.1, -0.05) is 0 Å². The van der Waals surface area contributed by atoms with Crippen LogP contribution in [0, 0.1) is 0 Å². The summed E-state index contributed by atoms with van der Waals surface area (Å²) in [6, 6.07) is 0. The van der Waals surface area contributed by atoms with Crippen molar-refractivity contribution in [2.45, 2.75) is 25.0 Å². The number of halogens is 1. The maximum absolute atomic E-state index is 5.86. The third-order valence-electron chi connectivity index (χ3n) is 3.67. The smallest absolute Gasteiger partial charge is 0.180 e. The van der Waals surface area contributed by atoms with Crippen molar-refractivity contribution in [3.05, 3.63) is 23.2 Å². The fourth-order valence-corrected chi connectivity index (χ4v) is 3.27. The number of aromatic nitrogens is 3. The normalized spacial score (nSPS) is 27.1. The first-order valence-corrected chi connectivity index (χ1v) is 6.98. The lowest BCUT2D eigenvalue weighted by molar-refractivity contribution is 0.0303. The van der Waals surface area contributed by atoms with Crippen molar-refractivity contribution >= 4 is 27.4 Å². The molecule has 0 amide bonds. The van der Waals surface area contributed by atoms with Gasteiger partial charge in [-0.05, 0) is 28.8 Å². The highest BCUT2D eigenvalue weighted by atomic mass is 79.9. The molecule has 2 aromatic rings. The van der Waals surface area contributed by atoms with Crippen LogP contribution in [0.25, 0.3) is 5.65 Å². The monoisotopic (exact) mass is 308 g/mol. The minimum atomic E-state index is 0.361. The van der Waals surface area contributed by atoms with Gasteiger partial charge in [0.05, 0.1) is 12.2 Å². The fraction of sp³-hybridized carbons (Fsp3) is 0.500. The van der Waals surface area contributed by atoms with E-state index in [1.54, 1.807) is 0 Å². The van der Waals surface area contributed by atoms with E-state index in [2.05, 4.69) is 30.8 Å². The van der Waals surface area contributed by atoms with Gasteiger partial charge in [0.2, 0.25) is 0 Å². The fourth-order valence-electron chi connectivity index (χ4n) is 2.89. The molecule has 0 radical (unpaired) electrons. The summed E-state index contributed by atoms with van der Waals surface area (Å²) in [5, 5.41) is 0. The van der Waals surface area contributed by atoms with Gasteiger partial charge >= 0.3 is 0 Å². The van der Waals surface area contributed by atoms with Crippen molar-refractivity contribution in [3.8, 4) is 0 Å². The Morgan fingerprint density at radius 2 is 2.06 bits per heavy atom. The lowest BCUT2D eigenvalue weighted by Crippen LogP contribution is -2.43. The first-order valence-electron chi connectivity index (χ1n) is 6.19. The van der Waals surface area contributed by atoms with Gasteiger partial charge in [0.25, 0.3) is 0 Å². The van der Waals surface area contributed by atoms with Crippen molar-refractivity contribution in [1.29, 1.82) is 0 Å². The average molecular weight is 309 g/mol. The first kappa shape index (κ1) is 10.8. The molecule has 5 nitrogen and oxygen atoms in total. The van der Waals surface area contributed by atoms with Gasteiger partial charge in [-0.15, -0.1) is 0 Å². The highest BCUT2D eigenvalue weighted by molar-refractivity contribution is 9.10. The minimum absolute atomic E-state index is 0.361. The highest BCUT2D eigenvalue weighted by Gasteiger charge is 2.35. The third-order valence-corrected chi connectivity index (χ3v) is 4.05. The van der Waals surface area contributed by atoms with Crippen molar-refractivity contribution in [3.63, 3.8) is 0 Å². The Morgan fingerprint density at radius 1 is 1.28 bits per heavy atom. The van der Waals surface area contributed by atoms with E-state index in [-0.39, 0.29) is 0 Å². The zero-order valence-electron chi connectivity index (χ0n) is 9.79. The molecule has 2 atom stereocenters. The summed E-state index contributed by atoms with van der Waals surface area (Å²) in [5.74, 6) is 0.953. The van der Waals surface area contributed by atoms with Crippen LogP contribution in [-0.2, 0) is 4.74 Å². The predicted molar refractivity (Wildman–Crippen MR) is 70.8 cm³/mol. The van der Waals surface area contributed by atoms with Crippen molar-refractivity contribution in [1.82, 2.24) is 14.4 Å². The summed E-state index contributed by atoms with van der Waals surface area (Å²) in [7, 11) is 0. The zero-order valence-corrected chi connectivity index (χ0v) is 11.4. The maximum Gasteiger partial charge on any atom is 0.180 e. The number of rotatable bonds is 1. The zero-order chi connectivity index (χ0) is 12.1. The van der Waals surface area contributed by atoms with Crippen LogP contribution >= 0.6 is 15.9 Å². The van der Waals surface area contributed by atoms with Gasteiger partial charge in [0.15, 0.2) is 11.5 Å². The second kappa shape index (κ2) is 3.93. The van der Waals surface area contributed by atoms with Crippen LogP contribution in [-0.4, -0.2) is 39.7 Å². The number of hydrogen-bond donors (Lipinski definition) is 0.